The standard InChI is InChI=1S/C24H30N2O4/c27-22(28)17-30-16-19-13-11-18(12-14-19)15-25-24(29)26-23(20-7-3-1-4-8-20)21-9-5-2-6-10-21/h1-10,18-19,23H,11-17H2,(H,27,28)(H2,25,26,29). The zero-order chi connectivity index (χ0) is 21.2. The molecule has 160 valence electrons. The maximum Gasteiger partial charge on any atom is 0.329 e. The van der Waals surface area contributed by atoms with E-state index in [2.05, 4.69) is 10.6 Å². The lowest BCUT2D eigenvalue weighted by Gasteiger charge is -2.28. The Bertz CT molecular complexity index is 750. The van der Waals surface area contributed by atoms with Crippen LogP contribution in [0, 0.1) is 11.8 Å². The summed E-state index contributed by atoms with van der Waals surface area (Å²) >= 11 is 0. The van der Waals surface area contributed by atoms with E-state index in [1.54, 1.807) is 0 Å². The fraction of sp³-hybridized carbons (Fsp3) is 0.417. The van der Waals surface area contributed by atoms with E-state index in [4.69, 9.17) is 9.84 Å². The van der Waals surface area contributed by atoms with Gasteiger partial charge in [0.2, 0.25) is 0 Å². The molecule has 2 aromatic rings. The largest absolute Gasteiger partial charge is 0.480 e. The van der Waals surface area contributed by atoms with Gasteiger partial charge in [-0.15, -0.1) is 0 Å². The predicted molar refractivity (Wildman–Crippen MR) is 115 cm³/mol. The topological polar surface area (TPSA) is 87.7 Å². The van der Waals surface area contributed by atoms with Crippen LogP contribution in [0.5, 0.6) is 0 Å². The molecule has 30 heavy (non-hydrogen) atoms. The highest BCUT2D eigenvalue weighted by atomic mass is 16.5. The number of benzene rings is 2. The zero-order valence-electron chi connectivity index (χ0n) is 17.1. The second kappa shape index (κ2) is 11.4. The second-order valence-corrected chi connectivity index (χ2v) is 7.90. The lowest BCUT2D eigenvalue weighted by atomic mass is 9.82. The van der Waals surface area contributed by atoms with Crippen LogP contribution in [0.15, 0.2) is 60.7 Å². The van der Waals surface area contributed by atoms with E-state index in [0.29, 0.717) is 25.0 Å². The van der Waals surface area contributed by atoms with Gasteiger partial charge >= 0.3 is 12.0 Å². The van der Waals surface area contributed by atoms with E-state index in [9.17, 15) is 9.59 Å². The third kappa shape index (κ3) is 6.88. The molecule has 1 aliphatic rings. The van der Waals surface area contributed by atoms with Crippen molar-refractivity contribution in [1.29, 1.82) is 0 Å². The average Bonchev–Trinajstić information content (AvgIpc) is 2.78. The summed E-state index contributed by atoms with van der Waals surface area (Å²) in [5.41, 5.74) is 2.08. The molecule has 6 nitrogen and oxygen atoms in total. The van der Waals surface area contributed by atoms with Gasteiger partial charge in [-0.1, -0.05) is 60.7 Å². The van der Waals surface area contributed by atoms with Gasteiger partial charge < -0.3 is 20.5 Å². The van der Waals surface area contributed by atoms with Gasteiger partial charge in [-0.25, -0.2) is 9.59 Å². The first kappa shape index (κ1) is 21.8. The average molecular weight is 411 g/mol. The van der Waals surface area contributed by atoms with E-state index in [-0.39, 0.29) is 18.7 Å². The Balaban J connectivity index is 1.46. The van der Waals surface area contributed by atoms with Gasteiger partial charge in [0.25, 0.3) is 0 Å². The molecule has 0 spiro atoms. The molecule has 0 unspecified atom stereocenters. The number of aliphatic carboxylic acids is 1. The number of carboxylic acid groups (broad SMARTS) is 1. The maximum absolute atomic E-state index is 12.6. The van der Waals surface area contributed by atoms with E-state index < -0.39 is 5.97 Å². The number of amides is 2. The number of carbonyl (C=O) groups is 2. The fourth-order valence-corrected chi connectivity index (χ4v) is 3.98. The monoisotopic (exact) mass is 410 g/mol. The quantitative estimate of drug-likeness (QED) is 0.583. The molecule has 0 atom stereocenters. The molecule has 0 aromatic heterocycles. The number of ether oxygens (including phenoxy) is 1. The number of hydrogen-bond acceptors (Lipinski definition) is 3. The predicted octanol–water partition coefficient (Wildman–Crippen LogP) is 3.98. The first-order valence-electron chi connectivity index (χ1n) is 10.6. The second-order valence-electron chi connectivity index (χ2n) is 7.90. The highest BCUT2D eigenvalue weighted by Gasteiger charge is 2.23. The first-order valence-corrected chi connectivity index (χ1v) is 10.6. The maximum atomic E-state index is 12.6. The summed E-state index contributed by atoms with van der Waals surface area (Å²) < 4.78 is 5.22. The van der Waals surface area contributed by atoms with Crippen LogP contribution in [0.4, 0.5) is 4.79 Å². The molecule has 1 fully saturated rings. The van der Waals surface area contributed by atoms with Gasteiger partial charge in [0.05, 0.1) is 12.6 Å². The number of carbonyl (C=O) groups excluding carboxylic acids is 1. The molecular formula is C24H30N2O4. The molecule has 0 radical (unpaired) electrons. The third-order valence-electron chi connectivity index (χ3n) is 5.64. The molecule has 2 amide bonds. The summed E-state index contributed by atoms with van der Waals surface area (Å²) in [5, 5.41) is 14.8. The number of nitrogens with one attached hydrogen (secondary N) is 2. The molecule has 2 aromatic carbocycles. The Morgan fingerprint density at radius 1 is 0.900 bits per heavy atom. The number of carboxylic acids is 1. The van der Waals surface area contributed by atoms with Gasteiger partial charge in [0.1, 0.15) is 6.61 Å². The summed E-state index contributed by atoms with van der Waals surface area (Å²) in [6.07, 6.45) is 4.04. The summed E-state index contributed by atoms with van der Waals surface area (Å²) in [6, 6.07) is 19.5. The Hall–Kier alpha value is -2.86. The van der Waals surface area contributed by atoms with Crippen molar-refractivity contribution in [2.45, 2.75) is 31.7 Å². The van der Waals surface area contributed by atoms with Crippen LogP contribution in [-0.4, -0.2) is 36.9 Å². The Labute approximate surface area is 177 Å². The lowest BCUT2D eigenvalue weighted by Crippen LogP contribution is -2.41. The molecule has 6 heteroatoms. The first-order chi connectivity index (χ1) is 14.6. The summed E-state index contributed by atoms with van der Waals surface area (Å²) in [6.45, 7) is 0.916. The molecule has 0 bridgehead atoms. The minimum absolute atomic E-state index is 0.167. The Morgan fingerprint density at radius 3 is 1.97 bits per heavy atom. The van der Waals surface area contributed by atoms with E-state index in [1.807, 2.05) is 60.7 Å². The fourth-order valence-electron chi connectivity index (χ4n) is 3.98. The van der Waals surface area contributed by atoms with E-state index >= 15 is 0 Å². The summed E-state index contributed by atoms with van der Waals surface area (Å²) in [7, 11) is 0. The van der Waals surface area contributed by atoms with E-state index in [0.717, 1.165) is 36.8 Å². The molecule has 1 saturated carbocycles. The van der Waals surface area contributed by atoms with Crippen LogP contribution in [0.1, 0.15) is 42.9 Å². The molecule has 3 N–H and O–H groups in total. The van der Waals surface area contributed by atoms with Crippen molar-refractivity contribution in [3.63, 3.8) is 0 Å². The highest BCUT2D eigenvalue weighted by molar-refractivity contribution is 5.75. The van der Waals surface area contributed by atoms with Crippen molar-refractivity contribution in [3.8, 4) is 0 Å². The molecule has 0 saturated heterocycles. The van der Waals surface area contributed by atoms with Gasteiger partial charge in [-0.3, -0.25) is 0 Å². The Morgan fingerprint density at radius 2 is 1.43 bits per heavy atom. The van der Waals surface area contributed by atoms with Gasteiger partial charge in [0, 0.05) is 6.54 Å². The van der Waals surface area contributed by atoms with Gasteiger partial charge in [0.15, 0.2) is 0 Å². The number of urea groups is 1. The third-order valence-corrected chi connectivity index (χ3v) is 5.64. The lowest BCUT2D eigenvalue weighted by molar-refractivity contribution is -0.142. The highest BCUT2D eigenvalue weighted by Crippen LogP contribution is 2.28. The van der Waals surface area contributed by atoms with Crippen molar-refractivity contribution in [1.82, 2.24) is 10.6 Å². The normalized spacial score (nSPS) is 18.7. The number of rotatable bonds is 9. The van der Waals surface area contributed by atoms with Crippen molar-refractivity contribution in [3.05, 3.63) is 71.8 Å². The van der Waals surface area contributed by atoms with Crippen LogP contribution in [0.3, 0.4) is 0 Å². The van der Waals surface area contributed by atoms with E-state index in [1.165, 1.54) is 0 Å². The minimum Gasteiger partial charge on any atom is -0.480 e. The minimum atomic E-state index is -0.928. The Kier molecular flexibility index (Phi) is 8.27. The van der Waals surface area contributed by atoms with Crippen molar-refractivity contribution in [2.75, 3.05) is 19.8 Å². The van der Waals surface area contributed by atoms with Crippen molar-refractivity contribution in [2.24, 2.45) is 11.8 Å². The van der Waals surface area contributed by atoms with Crippen molar-refractivity contribution < 1.29 is 19.4 Å². The molecule has 3 rings (SSSR count). The van der Waals surface area contributed by atoms with Crippen LogP contribution in [0.25, 0.3) is 0 Å². The molecule has 1 aliphatic carbocycles. The summed E-state index contributed by atoms with van der Waals surface area (Å²) in [4.78, 5) is 23.1. The molecule has 0 heterocycles. The van der Waals surface area contributed by atoms with Crippen LogP contribution < -0.4 is 10.6 Å². The SMILES string of the molecule is O=C(O)COCC1CCC(CNC(=O)NC(c2ccccc2)c2ccccc2)CC1. The van der Waals surface area contributed by atoms with Crippen LogP contribution in [0.2, 0.25) is 0 Å². The van der Waals surface area contributed by atoms with Crippen LogP contribution >= 0.6 is 0 Å². The zero-order valence-corrected chi connectivity index (χ0v) is 17.1. The van der Waals surface area contributed by atoms with Crippen LogP contribution in [-0.2, 0) is 9.53 Å². The van der Waals surface area contributed by atoms with Gasteiger partial charge in [-0.05, 0) is 48.6 Å². The van der Waals surface area contributed by atoms with Crippen molar-refractivity contribution >= 4 is 12.0 Å². The molecule has 0 aliphatic heterocycles. The smallest absolute Gasteiger partial charge is 0.329 e. The number of hydrogen-bond donors (Lipinski definition) is 3. The van der Waals surface area contributed by atoms with Gasteiger partial charge in [-0.2, -0.15) is 0 Å². The molecular weight excluding hydrogens is 380 g/mol. The summed E-state index contributed by atoms with van der Waals surface area (Å²) in [5.74, 6) is -0.0726.